The third kappa shape index (κ3) is 4.83. The first-order chi connectivity index (χ1) is 9.30. The maximum atomic E-state index is 12.4. The number of rotatable bonds is 6. The van der Waals surface area contributed by atoms with Gasteiger partial charge in [-0.2, -0.15) is 18.4 Å². The average Bonchev–Trinajstić information content (AvgIpc) is 2.42. The minimum Gasteiger partial charge on any atom is -0.310 e. The minimum absolute atomic E-state index is 0.120. The van der Waals surface area contributed by atoms with Crippen LogP contribution in [0.5, 0.6) is 0 Å². The summed E-state index contributed by atoms with van der Waals surface area (Å²) in [4.78, 5) is 1.24. The van der Waals surface area contributed by atoms with E-state index in [-0.39, 0.29) is 19.5 Å². The van der Waals surface area contributed by atoms with Crippen molar-refractivity contribution in [2.24, 2.45) is 5.73 Å². The van der Waals surface area contributed by atoms with Crippen molar-refractivity contribution in [3.63, 3.8) is 0 Å². The Morgan fingerprint density at radius 3 is 2.30 bits per heavy atom. The molecule has 1 aromatic rings. The Labute approximate surface area is 116 Å². The van der Waals surface area contributed by atoms with E-state index < -0.39 is 18.3 Å². The van der Waals surface area contributed by atoms with Crippen molar-refractivity contribution in [3.8, 4) is 6.07 Å². The van der Waals surface area contributed by atoms with Crippen molar-refractivity contribution in [1.29, 1.82) is 5.26 Å². The largest absolute Gasteiger partial charge is 0.401 e. The molecule has 0 aromatic heterocycles. The van der Waals surface area contributed by atoms with Crippen molar-refractivity contribution in [2.45, 2.75) is 25.1 Å². The molecule has 3 nitrogen and oxygen atoms in total. The molecule has 0 spiro atoms. The lowest BCUT2D eigenvalue weighted by Gasteiger charge is -2.27. The molecule has 0 fully saturated rings. The quantitative estimate of drug-likeness (QED) is 0.874. The normalized spacial score (nSPS) is 14.8. The zero-order valence-corrected chi connectivity index (χ0v) is 11.3. The van der Waals surface area contributed by atoms with E-state index in [9.17, 15) is 18.4 Å². The lowest BCUT2D eigenvalue weighted by atomic mass is 9.89. The highest BCUT2D eigenvalue weighted by atomic mass is 19.4. The maximum absolute atomic E-state index is 12.4. The van der Waals surface area contributed by atoms with Gasteiger partial charge < -0.3 is 5.73 Å². The topological polar surface area (TPSA) is 53.0 Å². The Balaban J connectivity index is 2.72. The number of benzene rings is 1. The predicted molar refractivity (Wildman–Crippen MR) is 70.7 cm³/mol. The Morgan fingerprint density at radius 2 is 1.85 bits per heavy atom. The van der Waals surface area contributed by atoms with Gasteiger partial charge >= 0.3 is 6.18 Å². The highest BCUT2D eigenvalue weighted by Crippen LogP contribution is 2.23. The van der Waals surface area contributed by atoms with E-state index in [0.29, 0.717) is 5.56 Å². The first kappa shape index (κ1) is 16.5. The molecule has 0 saturated heterocycles. The second kappa shape index (κ2) is 6.73. The highest BCUT2D eigenvalue weighted by Gasteiger charge is 2.32. The van der Waals surface area contributed by atoms with Gasteiger partial charge in [0.15, 0.2) is 0 Å². The van der Waals surface area contributed by atoms with Crippen LogP contribution in [0.2, 0.25) is 0 Å². The van der Waals surface area contributed by atoms with Crippen LogP contribution in [0, 0.1) is 11.3 Å². The van der Waals surface area contributed by atoms with Gasteiger partial charge in [0.1, 0.15) is 5.54 Å². The van der Waals surface area contributed by atoms with Crippen LogP contribution in [-0.2, 0) is 5.54 Å². The lowest BCUT2D eigenvalue weighted by Crippen LogP contribution is -2.41. The van der Waals surface area contributed by atoms with Crippen molar-refractivity contribution < 1.29 is 13.2 Å². The van der Waals surface area contributed by atoms with E-state index in [2.05, 4.69) is 0 Å². The van der Waals surface area contributed by atoms with Crippen LogP contribution in [0.1, 0.15) is 18.9 Å². The Hall–Kier alpha value is -1.58. The van der Waals surface area contributed by atoms with Gasteiger partial charge in [-0.1, -0.05) is 37.3 Å². The van der Waals surface area contributed by atoms with Gasteiger partial charge in [-0.05, 0) is 18.5 Å². The van der Waals surface area contributed by atoms with Crippen LogP contribution in [0.25, 0.3) is 0 Å². The molecular weight excluding hydrogens is 267 g/mol. The number of hydrogen-bond acceptors (Lipinski definition) is 3. The summed E-state index contributed by atoms with van der Waals surface area (Å²) in [7, 11) is 0. The van der Waals surface area contributed by atoms with Gasteiger partial charge in [0.25, 0.3) is 0 Å². The molecule has 1 unspecified atom stereocenters. The molecule has 2 N–H and O–H groups in total. The molecule has 0 aliphatic carbocycles. The molecule has 1 atom stereocenters. The fraction of sp³-hybridized carbons (Fsp3) is 0.500. The molecule has 6 heteroatoms. The molecule has 0 amide bonds. The molecule has 1 rings (SSSR count). The molecule has 0 heterocycles. The second-order valence-electron chi connectivity index (χ2n) is 4.68. The number of nitrogens with zero attached hydrogens (tertiary/aromatic N) is 2. The van der Waals surface area contributed by atoms with Crippen molar-refractivity contribution in [1.82, 2.24) is 4.90 Å². The monoisotopic (exact) mass is 285 g/mol. The van der Waals surface area contributed by atoms with E-state index in [1.54, 1.807) is 37.3 Å². The van der Waals surface area contributed by atoms with E-state index in [4.69, 9.17) is 5.73 Å². The van der Waals surface area contributed by atoms with E-state index >= 15 is 0 Å². The first-order valence-electron chi connectivity index (χ1n) is 6.35. The average molecular weight is 285 g/mol. The number of nitriles is 1. The maximum Gasteiger partial charge on any atom is 0.401 e. The smallest absolute Gasteiger partial charge is 0.310 e. The van der Waals surface area contributed by atoms with Crippen LogP contribution in [0.15, 0.2) is 30.3 Å². The molecule has 0 saturated carbocycles. The molecule has 0 aliphatic heterocycles. The van der Waals surface area contributed by atoms with Gasteiger partial charge in [0.05, 0.1) is 12.6 Å². The van der Waals surface area contributed by atoms with Gasteiger partial charge in [0, 0.05) is 6.54 Å². The summed E-state index contributed by atoms with van der Waals surface area (Å²) >= 11 is 0. The lowest BCUT2D eigenvalue weighted by molar-refractivity contribution is -0.145. The zero-order chi connectivity index (χ0) is 15.2. The Kier molecular flexibility index (Phi) is 5.54. The molecule has 0 radical (unpaired) electrons. The van der Waals surface area contributed by atoms with E-state index in [0.717, 1.165) is 0 Å². The summed E-state index contributed by atoms with van der Waals surface area (Å²) < 4.78 is 37.1. The van der Waals surface area contributed by atoms with Crippen molar-refractivity contribution in [2.75, 3.05) is 19.6 Å². The third-order valence-electron chi connectivity index (χ3n) is 3.16. The Bertz CT molecular complexity index is 453. The third-order valence-corrected chi connectivity index (χ3v) is 3.16. The SMILES string of the molecule is CCN(CCC(N)(C#N)c1ccccc1)CC(F)(F)F. The predicted octanol–water partition coefficient (Wildman–Crippen LogP) is 2.64. The van der Waals surface area contributed by atoms with E-state index in [1.165, 1.54) is 4.90 Å². The molecule has 110 valence electrons. The van der Waals surface area contributed by atoms with Crippen LogP contribution < -0.4 is 5.73 Å². The highest BCUT2D eigenvalue weighted by molar-refractivity contribution is 5.30. The summed E-state index contributed by atoms with van der Waals surface area (Å²) in [6.07, 6.45) is -4.09. The minimum atomic E-state index is -4.24. The van der Waals surface area contributed by atoms with Crippen LogP contribution in [0.4, 0.5) is 13.2 Å². The summed E-state index contributed by atoms with van der Waals surface area (Å²) in [6.45, 7) is 1.05. The summed E-state index contributed by atoms with van der Waals surface area (Å²) in [6, 6.07) is 10.7. The summed E-state index contributed by atoms with van der Waals surface area (Å²) in [5, 5.41) is 9.24. The van der Waals surface area contributed by atoms with Gasteiger partial charge in [0.2, 0.25) is 0 Å². The molecule has 20 heavy (non-hydrogen) atoms. The van der Waals surface area contributed by atoms with E-state index in [1.807, 2.05) is 6.07 Å². The fourth-order valence-corrected chi connectivity index (χ4v) is 1.94. The van der Waals surface area contributed by atoms with Gasteiger partial charge in [-0.25, -0.2) is 0 Å². The molecular formula is C14H18F3N3. The van der Waals surface area contributed by atoms with Crippen molar-refractivity contribution >= 4 is 0 Å². The second-order valence-corrected chi connectivity index (χ2v) is 4.68. The number of hydrogen-bond donors (Lipinski definition) is 1. The van der Waals surface area contributed by atoms with Gasteiger partial charge in [-0.15, -0.1) is 0 Å². The summed E-state index contributed by atoms with van der Waals surface area (Å²) in [5.41, 5.74) is 5.37. The molecule has 0 bridgehead atoms. The summed E-state index contributed by atoms with van der Waals surface area (Å²) in [5.74, 6) is 0. The van der Waals surface area contributed by atoms with Crippen LogP contribution in [0.3, 0.4) is 0 Å². The van der Waals surface area contributed by atoms with Crippen LogP contribution >= 0.6 is 0 Å². The first-order valence-corrected chi connectivity index (χ1v) is 6.35. The zero-order valence-electron chi connectivity index (χ0n) is 11.3. The Morgan fingerprint density at radius 1 is 1.25 bits per heavy atom. The molecule has 1 aromatic carbocycles. The number of halogens is 3. The molecule has 0 aliphatic rings. The van der Waals surface area contributed by atoms with Crippen LogP contribution in [-0.4, -0.2) is 30.7 Å². The number of nitrogens with two attached hydrogens (primary N) is 1. The van der Waals surface area contributed by atoms with Gasteiger partial charge in [-0.3, -0.25) is 4.90 Å². The standard InChI is InChI=1S/C14H18F3N3/c1-2-20(11-14(15,16)17)9-8-13(19,10-18)12-6-4-3-5-7-12/h3-7H,2,8-9,11,19H2,1H3. The fourth-order valence-electron chi connectivity index (χ4n) is 1.94. The van der Waals surface area contributed by atoms with Crippen molar-refractivity contribution in [3.05, 3.63) is 35.9 Å². The number of alkyl halides is 3.